The van der Waals surface area contributed by atoms with E-state index in [4.69, 9.17) is 21.1 Å². The van der Waals surface area contributed by atoms with Crippen LogP contribution >= 0.6 is 11.6 Å². The van der Waals surface area contributed by atoms with Crippen LogP contribution in [-0.4, -0.2) is 38.1 Å². The third kappa shape index (κ3) is 3.82. The first-order valence-corrected chi connectivity index (χ1v) is 5.57. The van der Waals surface area contributed by atoms with Crippen LogP contribution in [0.15, 0.2) is 18.2 Å². The first-order chi connectivity index (χ1) is 8.08. The molecule has 0 heterocycles. The van der Waals surface area contributed by atoms with E-state index in [1.54, 1.807) is 21.3 Å². The fraction of sp³-hybridized carbons (Fsp3) is 0.417. The van der Waals surface area contributed by atoms with Crippen LogP contribution in [0.1, 0.15) is 5.56 Å². The van der Waals surface area contributed by atoms with Gasteiger partial charge in [0.25, 0.3) is 0 Å². The number of carbonyl (C=O) groups is 1. The summed E-state index contributed by atoms with van der Waals surface area (Å²) in [5, 5.41) is -0.466. The Labute approximate surface area is 106 Å². The molecule has 4 nitrogen and oxygen atoms in total. The Morgan fingerprint density at radius 1 is 1.35 bits per heavy atom. The number of benzene rings is 1. The highest BCUT2D eigenvalue weighted by molar-refractivity contribution is 6.62. The van der Waals surface area contributed by atoms with Gasteiger partial charge in [-0.15, -0.1) is 0 Å². The number of hydrogen-bond donors (Lipinski definition) is 0. The number of likely N-dealkylation sites (N-methyl/N-ethyl adjacent to an activating group) is 1. The zero-order valence-corrected chi connectivity index (χ0v) is 11.0. The molecule has 0 saturated heterocycles. The van der Waals surface area contributed by atoms with Crippen LogP contribution in [0.25, 0.3) is 0 Å². The molecule has 0 unspecified atom stereocenters. The highest BCUT2D eigenvalue weighted by atomic mass is 35.5. The molecule has 1 aromatic carbocycles. The summed E-state index contributed by atoms with van der Waals surface area (Å²) in [6.07, 6.45) is 0.662. The summed E-state index contributed by atoms with van der Waals surface area (Å²) in [4.78, 5) is 12.3. The van der Waals surface area contributed by atoms with E-state index in [1.807, 2.05) is 18.2 Å². The number of halogens is 1. The highest BCUT2D eigenvalue weighted by Crippen LogP contribution is 2.24. The molecule has 5 heteroatoms. The predicted molar refractivity (Wildman–Crippen MR) is 67.1 cm³/mol. The topological polar surface area (TPSA) is 38.8 Å². The van der Waals surface area contributed by atoms with Gasteiger partial charge in [-0.05, 0) is 41.8 Å². The van der Waals surface area contributed by atoms with Crippen molar-refractivity contribution >= 4 is 17.0 Å². The molecular formula is C12H16ClNO3. The minimum atomic E-state index is -0.466. The van der Waals surface area contributed by atoms with Crippen molar-refractivity contribution in [3.8, 4) is 11.5 Å². The Balaban J connectivity index is 2.77. The molecule has 0 saturated carbocycles. The van der Waals surface area contributed by atoms with Gasteiger partial charge >= 0.3 is 5.37 Å². The van der Waals surface area contributed by atoms with E-state index < -0.39 is 5.37 Å². The standard InChI is InChI=1S/C12H16ClNO3/c1-14(12(13)15)7-6-9-8-10(16-2)4-5-11(9)17-3/h4-5,8H,6-7H2,1-3H3. The van der Waals surface area contributed by atoms with Gasteiger partial charge in [0, 0.05) is 13.6 Å². The van der Waals surface area contributed by atoms with Crippen molar-refractivity contribution in [1.29, 1.82) is 0 Å². The quantitative estimate of drug-likeness (QED) is 0.601. The molecule has 94 valence electrons. The summed E-state index contributed by atoms with van der Waals surface area (Å²) < 4.78 is 10.4. The number of nitrogens with zero attached hydrogens (tertiary/aromatic N) is 1. The molecular weight excluding hydrogens is 242 g/mol. The van der Waals surface area contributed by atoms with Gasteiger partial charge in [-0.1, -0.05) is 0 Å². The zero-order valence-electron chi connectivity index (χ0n) is 10.2. The normalized spacial score (nSPS) is 9.88. The Morgan fingerprint density at radius 3 is 2.59 bits per heavy atom. The zero-order chi connectivity index (χ0) is 12.8. The van der Waals surface area contributed by atoms with Crippen molar-refractivity contribution < 1.29 is 14.3 Å². The van der Waals surface area contributed by atoms with Crippen LogP contribution < -0.4 is 9.47 Å². The van der Waals surface area contributed by atoms with E-state index in [0.29, 0.717) is 13.0 Å². The van der Waals surface area contributed by atoms with Crippen molar-refractivity contribution in [2.75, 3.05) is 27.8 Å². The van der Waals surface area contributed by atoms with Crippen molar-refractivity contribution in [1.82, 2.24) is 4.90 Å². The molecule has 1 rings (SSSR count). The second-order valence-corrected chi connectivity index (χ2v) is 3.93. The first-order valence-electron chi connectivity index (χ1n) is 5.20. The maximum Gasteiger partial charge on any atom is 0.316 e. The lowest BCUT2D eigenvalue weighted by atomic mass is 10.1. The fourth-order valence-electron chi connectivity index (χ4n) is 1.45. The summed E-state index contributed by atoms with van der Waals surface area (Å²) in [6, 6.07) is 5.57. The van der Waals surface area contributed by atoms with Gasteiger partial charge in [0.05, 0.1) is 14.2 Å². The van der Waals surface area contributed by atoms with Crippen molar-refractivity contribution in [2.24, 2.45) is 0 Å². The Hall–Kier alpha value is -1.42. The first kappa shape index (κ1) is 13.6. The van der Waals surface area contributed by atoms with Crippen LogP contribution in [0.4, 0.5) is 4.79 Å². The smallest absolute Gasteiger partial charge is 0.316 e. The SMILES string of the molecule is COc1ccc(OC)c(CCN(C)C(=O)Cl)c1. The molecule has 1 amide bonds. The van der Waals surface area contributed by atoms with Gasteiger partial charge in [-0.25, -0.2) is 0 Å². The Kier molecular flexibility index (Phi) is 5.10. The van der Waals surface area contributed by atoms with Gasteiger partial charge in [0.2, 0.25) is 0 Å². The molecule has 17 heavy (non-hydrogen) atoms. The summed E-state index contributed by atoms with van der Waals surface area (Å²) >= 11 is 5.36. The van der Waals surface area contributed by atoms with Gasteiger partial charge in [0.15, 0.2) is 0 Å². The second-order valence-electron chi connectivity index (χ2n) is 3.60. The fourth-order valence-corrected chi connectivity index (χ4v) is 1.54. The number of amides is 1. The Bertz CT molecular complexity index is 395. The molecule has 0 fully saturated rings. The van der Waals surface area contributed by atoms with Crippen LogP contribution in [0.3, 0.4) is 0 Å². The lowest BCUT2D eigenvalue weighted by Crippen LogP contribution is -2.23. The van der Waals surface area contributed by atoms with E-state index in [2.05, 4.69) is 0 Å². The average molecular weight is 258 g/mol. The monoisotopic (exact) mass is 257 g/mol. The summed E-state index contributed by atoms with van der Waals surface area (Å²) in [5.41, 5.74) is 0.983. The van der Waals surface area contributed by atoms with Crippen molar-refractivity contribution in [2.45, 2.75) is 6.42 Å². The molecule has 1 aromatic rings. The molecule has 0 atom stereocenters. The van der Waals surface area contributed by atoms with Crippen molar-refractivity contribution in [3.05, 3.63) is 23.8 Å². The number of hydrogen-bond acceptors (Lipinski definition) is 3. The van der Waals surface area contributed by atoms with Crippen LogP contribution in [-0.2, 0) is 6.42 Å². The van der Waals surface area contributed by atoms with E-state index in [0.717, 1.165) is 17.1 Å². The maximum atomic E-state index is 10.9. The molecule has 0 N–H and O–H groups in total. The molecule has 0 aliphatic heterocycles. The van der Waals surface area contributed by atoms with Crippen LogP contribution in [0.5, 0.6) is 11.5 Å². The van der Waals surface area contributed by atoms with Crippen molar-refractivity contribution in [3.63, 3.8) is 0 Å². The lowest BCUT2D eigenvalue weighted by Gasteiger charge is -2.15. The number of methoxy groups -OCH3 is 2. The largest absolute Gasteiger partial charge is 0.497 e. The molecule has 0 radical (unpaired) electrons. The molecule has 0 aliphatic carbocycles. The van der Waals surface area contributed by atoms with E-state index in [9.17, 15) is 4.79 Å². The van der Waals surface area contributed by atoms with Crippen LogP contribution in [0, 0.1) is 0 Å². The maximum absolute atomic E-state index is 10.9. The molecule has 0 aromatic heterocycles. The summed E-state index contributed by atoms with van der Waals surface area (Å²) in [6.45, 7) is 0.534. The summed E-state index contributed by atoms with van der Waals surface area (Å²) in [7, 11) is 4.88. The number of ether oxygens (including phenoxy) is 2. The third-order valence-corrected chi connectivity index (χ3v) is 2.79. The van der Waals surface area contributed by atoms with E-state index in [1.165, 1.54) is 4.90 Å². The number of carbonyl (C=O) groups excluding carboxylic acids is 1. The molecule has 0 spiro atoms. The molecule has 0 aliphatic rings. The average Bonchev–Trinajstić information content (AvgIpc) is 2.35. The minimum absolute atomic E-state index is 0.466. The van der Waals surface area contributed by atoms with Gasteiger partial charge < -0.3 is 14.4 Å². The van der Waals surface area contributed by atoms with Gasteiger partial charge in [-0.2, -0.15) is 0 Å². The number of rotatable bonds is 5. The minimum Gasteiger partial charge on any atom is -0.497 e. The predicted octanol–water partition coefficient (Wildman–Crippen LogP) is 2.54. The van der Waals surface area contributed by atoms with Crippen LogP contribution in [0.2, 0.25) is 0 Å². The molecule has 0 bridgehead atoms. The highest BCUT2D eigenvalue weighted by Gasteiger charge is 2.08. The van der Waals surface area contributed by atoms with E-state index >= 15 is 0 Å². The Morgan fingerprint density at radius 2 is 2.06 bits per heavy atom. The summed E-state index contributed by atoms with van der Waals surface area (Å²) in [5.74, 6) is 1.54. The van der Waals surface area contributed by atoms with Gasteiger partial charge in [0.1, 0.15) is 11.5 Å². The van der Waals surface area contributed by atoms with Gasteiger partial charge in [-0.3, -0.25) is 4.79 Å². The van der Waals surface area contributed by atoms with E-state index in [-0.39, 0.29) is 0 Å². The second kappa shape index (κ2) is 6.35. The lowest BCUT2D eigenvalue weighted by molar-refractivity contribution is 0.232. The third-order valence-electron chi connectivity index (χ3n) is 2.50.